The minimum atomic E-state index is -0.629. The smallest absolute Gasteiger partial charge is 0.413 e. The molecule has 2 rings (SSSR count). The fourth-order valence-corrected chi connectivity index (χ4v) is 2.98. The van der Waals surface area contributed by atoms with E-state index in [0.29, 0.717) is 6.42 Å². The molecule has 144 valence electrons. The third-order valence-electron chi connectivity index (χ3n) is 4.95. The molecule has 0 radical (unpaired) electrons. The molecule has 0 unspecified atom stereocenters. The summed E-state index contributed by atoms with van der Waals surface area (Å²) in [5.74, 6) is -0.344. The van der Waals surface area contributed by atoms with E-state index in [1.807, 2.05) is 51.1 Å². The van der Waals surface area contributed by atoms with Crippen molar-refractivity contribution in [2.24, 2.45) is 10.8 Å². The Morgan fingerprint density at radius 3 is 2.31 bits per heavy atom. The van der Waals surface area contributed by atoms with Gasteiger partial charge in [-0.25, -0.2) is 9.59 Å². The van der Waals surface area contributed by atoms with Crippen LogP contribution in [-0.2, 0) is 20.9 Å². The lowest BCUT2D eigenvalue weighted by atomic mass is 9.82. The van der Waals surface area contributed by atoms with Crippen LogP contribution in [0, 0.1) is 10.8 Å². The lowest BCUT2D eigenvalue weighted by molar-refractivity contribution is -0.147. The quantitative estimate of drug-likeness (QED) is 0.710. The van der Waals surface area contributed by atoms with Gasteiger partial charge in [-0.15, -0.1) is 0 Å². The number of cyclic esters (lactones) is 1. The van der Waals surface area contributed by atoms with Crippen molar-refractivity contribution in [3.8, 4) is 0 Å². The van der Waals surface area contributed by atoms with Crippen molar-refractivity contribution >= 4 is 12.1 Å². The second-order valence-corrected chi connectivity index (χ2v) is 8.84. The SMILES string of the molecule is CCC(C)(C)C[C@H]1C(=O)O[C@H](C(C)(C)C)N1C(=O)OCc1ccccc1. The Hall–Kier alpha value is -2.04. The number of rotatable bonds is 5. The molecule has 1 fully saturated rings. The average Bonchev–Trinajstić information content (AvgIpc) is 2.90. The molecule has 1 aromatic carbocycles. The maximum atomic E-state index is 12.9. The lowest BCUT2D eigenvalue weighted by Crippen LogP contribution is -2.49. The summed E-state index contributed by atoms with van der Waals surface area (Å²) in [5.41, 5.74) is 0.436. The topological polar surface area (TPSA) is 55.8 Å². The standard InChI is InChI=1S/C21H31NO4/c1-7-21(5,6)13-16-17(23)26-18(20(2,3)4)22(16)19(24)25-14-15-11-9-8-10-12-15/h8-12,16,18H,7,13-14H2,1-6H3/t16-,18+/m0/s1. The number of nitrogens with zero attached hydrogens (tertiary/aromatic N) is 1. The van der Waals surface area contributed by atoms with Crippen molar-refractivity contribution in [1.29, 1.82) is 0 Å². The number of carbonyl (C=O) groups excluding carboxylic acids is 2. The Kier molecular flexibility index (Phi) is 5.99. The first kappa shape index (κ1) is 20.3. The van der Waals surface area contributed by atoms with Gasteiger partial charge in [0.25, 0.3) is 0 Å². The molecule has 0 bridgehead atoms. The Morgan fingerprint density at radius 2 is 1.77 bits per heavy atom. The van der Waals surface area contributed by atoms with E-state index in [1.165, 1.54) is 4.90 Å². The van der Waals surface area contributed by atoms with Gasteiger partial charge < -0.3 is 9.47 Å². The lowest BCUT2D eigenvalue weighted by Gasteiger charge is -2.35. The molecule has 5 heteroatoms. The van der Waals surface area contributed by atoms with E-state index in [1.54, 1.807) is 0 Å². The van der Waals surface area contributed by atoms with E-state index in [2.05, 4.69) is 20.8 Å². The number of amides is 1. The van der Waals surface area contributed by atoms with Crippen LogP contribution in [0.4, 0.5) is 4.79 Å². The molecule has 0 aliphatic carbocycles. The number of carbonyl (C=O) groups is 2. The Balaban J connectivity index is 2.21. The summed E-state index contributed by atoms with van der Waals surface area (Å²) in [4.78, 5) is 26.9. The fraction of sp³-hybridized carbons (Fsp3) is 0.619. The van der Waals surface area contributed by atoms with Gasteiger partial charge in [0.15, 0.2) is 6.23 Å². The molecule has 0 spiro atoms. The van der Waals surface area contributed by atoms with Crippen LogP contribution in [0.25, 0.3) is 0 Å². The second kappa shape index (κ2) is 7.68. The van der Waals surface area contributed by atoms with Gasteiger partial charge in [-0.05, 0) is 17.4 Å². The zero-order valence-electron chi connectivity index (χ0n) is 16.7. The summed E-state index contributed by atoms with van der Waals surface area (Å²) in [6.07, 6.45) is 0.326. The minimum Gasteiger partial charge on any atom is -0.444 e. The molecule has 0 aromatic heterocycles. The van der Waals surface area contributed by atoms with Crippen LogP contribution < -0.4 is 0 Å². The number of hydrogen-bond acceptors (Lipinski definition) is 4. The molecular weight excluding hydrogens is 330 g/mol. The third-order valence-corrected chi connectivity index (χ3v) is 4.95. The largest absolute Gasteiger partial charge is 0.444 e. The molecule has 5 nitrogen and oxygen atoms in total. The van der Waals surface area contributed by atoms with E-state index in [0.717, 1.165) is 12.0 Å². The molecule has 1 aromatic rings. The maximum Gasteiger partial charge on any atom is 0.413 e. The summed E-state index contributed by atoms with van der Waals surface area (Å²) in [5, 5.41) is 0. The van der Waals surface area contributed by atoms with Gasteiger partial charge in [0.05, 0.1) is 0 Å². The van der Waals surface area contributed by atoms with Gasteiger partial charge in [-0.2, -0.15) is 0 Å². The van der Waals surface area contributed by atoms with E-state index >= 15 is 0 Å². The Labute approximate surface area is 156 Å². The van der Waals surface area contributed by atoms with E-state index in [4.69, 9.17) is 9.47 Å². The first-order valence-electron chi connectivity index (χ1n) is 9.24. The van der Waals surface area contributed by atoms with Crippen molar-refractivity contribution in [1.82, 2.24) is 4.90 Å². The average molecular weight is 361 g/mol. The number of esters is 1. The molecule has 1 aliphatic rings. The van der Waals surface area contributed by atoms with Gasteiger partial charge in [0, 0.05) is 5.41 Å². The van der Waals surface area contributed by atoms with Crippen molar-refractivity contribution in [3.63, 3.8) is 0 Å². The van der Waals surface area contributed by atoms with Crippen LogP contribution in [0.3, 0.4) is 0 Å². The van der Waals surface area contributed by atoms with Crippen LogP contribution >= 0.6 is 0 Å². The van der Waals surface area contributed by atoms with Crippen LogP contribution in [0.2, 0.25) is 0 Å². The Morgan fingerprint density at radius 1 is 1.15 bits per heavy atom. The van der Waals surface area contributed by atoms with Gasteiger partial charge in [0.2, 0.25) is 0 Å². The highest BCUT2D eigenvalue weighted by molar-refractivity contribution is 5.84. The van der Waals surface area contributed by atoms with Crippen LogP contribution in [-0.4, -0.2) is 29.2 Å². The highest BCUT2D eigenvalue weighted by Crippen LogP contribution is 2.38. The highest BCUT2D eigenvalue weighted by atomic mass is 16.6. The van der Waals surface area contributed by atoms with E-state index in [9.17, 15) is 9.59 Å². The van der Waals surface area contributed by atoms with E-state index in [-0.39, 0.29) is 18.0 Å². The number of hydrogen-bond donors (Lipinski definition) is 0. The Bertz CT molecular complexity index is 633. The molecule has 1 amide bonds. The molecule has 1 aliphatic heterocycles. The van der Waals surface area contributed by atoms with Gasteiger partial charge in [0.1, 0.15) is 12.6 Å². The fourth-order valence-electron chi connectivity index (χ4n) is 2.98. The van der Waals surface area contributed by atoms with Crippen molar-refractivity contribution in [2.75, 3.05) is 0 Å². The summed E-state index contributed by atoms with van der Waals surface area (Å²) >= 11 is 0. The predicted molar refractivity (Wildman–Crippen MR) is 100 cm³/mol. The summed E-state index contributed by atoms with van der Waals surface area (Å²) < 4.78 is 11.1. The summed E-state index contributed by atoms with van der Waals surface area (Å²) in [7, 11) is 0. The minimum absolute atomic E-state index is 0.0750. The first-order chi connectivity index (χ1) is 12.0. The molecule has 0 N–H and O–H groups in total. The van der Waals surface area contributed by atoms with Crippen LogP contribution in [0.5, 0.6) is 0 Å². The molecule has 1 heterocycles. The van der Waals surface area contributed by atoms with Crippen LogP contribution in [0.1, 0.15) is 59.9 Å². The molecule has 26 heavy (non-hydrogen) atoms. The van der Waals surface area contributed by atoms with Crippen molar-refractivity contribution in [2.45, 2.75) is 73.3 Å². The van der Waals surface area contributed by atoms with Gasteiger partial charge in [-0.3, -0.25) is 4.90 Å². The van der Waals surface area contributed by atoms with E-state index < -0.39 is 23.8 Å². The van der Waals surface area contributed by atoms with Crippen molar-refractivity contribution in [3.05, 3.63) is 35.9 Å². The highest BCUT2D eigenvalue weighted by Gasteiger charge is 2.51. The van der Waals surface area contributed by atoms with Gasteiger partial charge >= 0.3 is 12.1 Å². The zero-order valence-corrected chi connectivity index (χ0v) is 16.7. The van der Waals surface area contributed by atoms with Gasteiger partial charge in [-0.1, -0.05) is 78.3 Å². The second-order valence-electron chi connectivity index (χ2n) is 8.84. The molecule has 0 saturated carbocycles. The zero-order chi connectivity index (χ0) is 19.5. The molecular formula is C21H31NO4. The third kappa shape index (κ3) is 4.77. The first-order valence-corrected chi connectivity index (χ1v) is 9.24. The monoisotopic (exact) mass is 361 g/mol. The van der Waals surface area contributed by atoms with Crippen molar-refractivity contribution < 1.29 is 19.1 Å². The molecule has 2 atom stereocenters. The predicted octanol–water partition coefficient (Wildman–Crippen LogP) is 4.75. The number of benzene rings is 1. The summed E-state index contributed by atoms with van der Waals surface area (Å²) in [6, 6.07) is 8.90. The normalized spacial score (nSPS) is 20.8. The van der Waals surface area contributed by atoms with Crippen LogP contribution in [0.15, 0.2) is 30.3 Å². The number of ether oxygens (including phenoxy) is 2. The molecule has 1 saturated heterocycles. The maximum absolute atomic E-state index is 12.9. The summed E-state index contributed by atoms with van der Waals surface area (Å²) in [6.45, 7) is 12.3.